The monoisotopic (exact) mass is 280 g/mol. The highest BCUT2D eigenvalue weighted by atomic mass is 32.2. The van der Waals surface area contributed by atoms with Crippen LogP contribution < -0.4 is 5.32 Å². The zero-order valence-electron chi connectivity index (χ0n) is 11.0. The smallest absolute Gasteiger partial charge is 0.211 e. The minimum Gasteiger partial charge on any atom is -0.439 e. The van der Waals surface area contributed by atoms with Crippen LogP contribution in [0.1, 0.15) is 18.9 Å². The average molecular weight is 280 g/mol. The van der Waals surface area contributed by atoms with Crippen LogP contribution in [0.5, 0.6) is 0 Å². The molecule has 0 radical (unpaired) electrons. The Bertz CT molecular complexity index is 659. The van der Waals surface area contributed by atoms with Crippen LogP contribution >= 0.6 is 0 Å². The van der Waals surface area contributed by atoms with E-state index in [9.17, 15) is 8.42 Å². The second kappa shape index (κ2) is 5.14. The SMILES string of the molecule is CNC(C)c1ncc(-c2ccc(S(C)(=O)=O)cc2)o1. The maximum atomic E-state index is 11.4. The van der Waals surface area contributed by atoms with Crippen molar-refractivity contribution in [2.45, 2.75) is 17.9 Å². The van der Waals surface area contributed by atoms with Crippen molar-refractivity contribution < 1.29 is 12.8 Å². The lowest BCUT2D eigenvalue weighted by Crippen LogP contribution is -2.12. The fraction of sp³-hybridized carbons (Fsp3) is 0.308. The molecular weight excluding hydrogens is 264 g/mol. The number of aromatic nitrogens is 1. The summed E-state index contributed by atoms with van der Waals surface area (Å²) in [6.45, 7) is 1.95. The normalized spacial score (nSPS) is 13.4. The first-order chi connectivity index (χ1) is 8.91. The van der Waals surface area contributed by atoms with Gasteiger partial charge in [0.1, 0.15) is 0 Å². The Morgan fingerprint density at radius 2 is 1.89 bits per heavy atom. The van der Waals surface area contributed by atoms with Gasteiger partial charge in [0.25, 0.3) is 0 Å². The molecule has 2 aromatic rings. The second-order valence-corrected chi connectivity index (χ2v) is 6.39. The van der Waals surface area contributed by atoms with Crippen LogP contribution in [0.3, 0.4) is 0 Å². The molecule has 1 atom stereocenters. The lowest BCUT2D eigenvalue weighted by atomic mass is 10.2. The number of hydrogen-bond acceptors (Lipinski definition) is 5. The highest BCUT2D eigenvalue weighted by Gasteiger charge is 2.12. The minimum atomic E-state index is -3.17. The minimum absolute atomic E-state index is 0.0315. The number of benzene rings is 1. The zero-order chi connectivity index (χ0) is 14.0. The summed E-state index contributed by atoms with van der Waals surface area (Å²) >= 11 is 0. The van der Waals surface area contributed by atoms with Crippen molar-refractivity contribution in [1.29, 1.82) is 0 Å². The van der Waals surface area contributed by atoms with Crippen LogP contribution in [-0.2, 0) is 9.84 Å². The summed E-state index contributed by atoms with van der Waals surface area (Å²) in [7, 11) is -1.34. The molecule has 5 nitrogen and oxygen atoms in total. The van der Waals surface area contributed by atoms with Gasteiger partial charge < -0.3 is 9.73 Å². The first-order valence-electron chi connectivity index (χ1n) is 5.85. The molecule has 0 spiro atoms. The molecule has 0 saturated carbocycles. The number of nitrogens with one attached hydrogen (secondary N) is 1. The molecule has 1 aromatic heterocycles. The highest BCUT2D eigenvalue weighted by molar-refractivity contribution is 7.90. The van der Waals surface area contributed by atoms with E-state index in [2.05, 4.69) is 10.3 Å². The molecule has 0 amide bonds. The number of hydrogen-bond donors (Lipinski definition) is 1. The van der Waals surface area contributed by atoms with E-state index in [0.29, 0.717) is 16.5 Å². The van der Waals surface area contributed by atoms with Crippen LogP contribution in [0.4, 0.5) is 0 Å². The van der Waals surface area contributed by atoms with Gasteiger partial charge >= 0.3 is 0 Å². The molecule has 2 rings (SSSR count). The van der Waals surface area contributed by atoms with Crippen LogP contribution in [0.2, 0.25) is 0 Å². The maximum absolute atomic E-state index is 11.4. The van der Waals surface area contributed by atoms with Gasteiger partial charge in [-0.2, -0.15) is 0 Å². The molecule has 0 fully saturated rings. The largest absolute Gasteiger partial charge is 0.439 e. The Balaban J connectivity index is 2.30. The van der Waals surface area contributed by atoms with Gasteiger partial charge in [0.2, 0.25) is 5.89 Å². The summed E-state index contributed by atoms with van der Waals surface area (Å²) in [5, 5.41) is 3.04. The van der Waals surface area contributed by atoms with Crippen molar-refractivity contribution in [3.05, 3.63) is 36.4 Å². The van der Waals surface area contributed by atoms with Gasteiger partial charge in [0, 0.05) is 11.8 Å². The van der Waals surface area contributed by atoms with Crippen molar-refractivity contribution >= 4 is 9.84 Å². The number of oxazole rings is 1. The summed E-state index contributed by atoms with van der Waals surface area (Å²) in [6.07, 6.45) is 2.82. The Kier molecular flexibility index (Phi) is 3.73. The van der Waals surface area contributed by atoms with Crippen molar-refractivity contribution in [2.75, 3.05) is 13.3 Å². The standard InChI is InChI=1S/C13H16N2O3S/c1-9(14-2)13-15-8-12(18-13)10-4-6-11(7-5-10)19(3,16)17/h4-9,14H,1-3H3. The average Bonchev–Trinajstić information content (AvgIpc) is 2.86. The Morgan fingerprint density at radius 3 is 2.42 bits per heavy atom. The fourth-order valence-electron chi connectivity index (χ4n) is 1.61. The first kappa shape index (κ1) is 13.8. The molecule has 0 aliphatic heterocycles. The van der Waals surface area contributed by atoms with Gasteiger partial charge in [-0.25, -0.2) is 13.4 Å². The van der Waals surface area contributed by atoms with Gasteiger partial charge in [-0.15, -0.1) is 0 Å². The second-order valence-electron chi connectivity index (χ2n) is 4.37. The van der Waals surface area contributed by atoms with Gasteiger partial charge in [-0.3, -0.25) is 0 Å². The number of nitrogens with zero attached hydrogens (tertiary/aromatic N) is 1. The maximum Gasteiger partial charge on any atom is 0.211 e. The lowest BCUT2D eigenvalue weighted by molar-refractivity contribution is 0.441. The molecule has 1 unspecified atom stereocenters. The molecule has 0 aliphatic rings. The molecule has 19 heavy (non-hydrogen) atoms. The molecule has 1 N–H and O–H groups in total. The number of sulfone groups is 1. The third-order valence-electron chi connectivity index (χ3n) is 2.89. The van der Waals surface area contributed by atoms with E-state index in [0.717, 1.165) is 5.56 Å². The summed E-state index contributed by atoms with van der Waals surface area (Å²) < 4.78 is 28.4. The predicted octanol–water partition coefficient (Wildman–Crippen LogP) is 2.03. The lowest BCUT2D eigenvalue weighted by Gasteiger charge is -2.04. The molecule has 102 valence electrons. The molecular formula is C13H16N2O3S. The Labute approximate surface area is 112 Å². The summed E-state index contributed by atoms with van der Waals surface area (Å²) in [6, 6.07) is 6.59. The van der Waals surface area contributed by atoms with Crippen molar-refractivity contribution in [3.63, 3.8) is 0 Å². The summed E-state index contributed by atoms with van der Waals surface area (Å²) in [5.74, 6) is 1.22. The van der Waals surface area contributed by atoms with Crippen LogP contribution in [-0.4, -0.2) is 26.7 Å². The first-order valence-corrected chi connectivity index (χ1v) is 7.74. The van der Waals surface area contributed by atoms with E-state index in [1.54, 1.807) is 30.5 Å². The molecule has 1 heterocycles. The van der Waals surface area contributed by atoms with E-state index < -0.39 is 9.84 Å². The third-order valence-corrected chi connectivity index (χ3v) is 4.02. The van der Waals surface area contributed by atoms with E-state index in [1.807, 2.05) is 14.0 Å². The predicted molar refractivity (Wildman–Crippen MR) is 72.5 cm³/mol. The zero-order valence-corrected chi connectivity index (χ0v) is 11.9. The van der Waals surface area contributed by atoms with E-state index in [-0.39, 0.29) is 6.04 Å². The van der Waals surface area contributed by atoms with Crippen LogP contribution in [0.25, 0.3) is 11.3 Å². The van der Waals surface area contributed by atoms with Gasteiger partial charge in [-0.1, -0.05) is 0 Å². The van der Waals surface area contributed by atoms with E-state index in [4.69, 9.17) is 4.42 Å². The van der Waals surface area contributed by atoms with Crippen LogP contribution in [0, 0.1) is 0 Å². The van der Waals surface area contributed by atoms with Crippen molar-refractivity contribution in [3.8, 4) is 11.3 Å². The van der Waals surface area contributed by atoms with Gasteiger partial charge in [0.05, 0.1) is 17.1 Å². The molecule has 0 saturated heterocycles. The van der Waals surface area contributed by atoms with E-state index >= 15 is 0 Å². The number of rotatable bonds is 4. The Hall–Kier alpha value is -1.66. The van der Waals surface area contributed by atoms with Crippen molar-refractivity contribution in [2.24, 2.45) is 0 Å². The van der Waals surface area contributed by atoms with Crippen molar-refractivity contribution in [1.82, 2.24) is 10.3 Å². The highest BCUT2D eigenvalue weighted by Crippen LogP contribution is 2.24. The van der Waals surface area contributed by atoms with Gasteiger partial charge in [-0.05, 0) is 38.2 Å². The summed E-state index contributed by atoms with van der Waals surface area (Å²) in [5.41, 5.74) is 0.800. The molecule has 6 heteroatoms. The van der Waals surface area contributed by atoms with Gasteiger partial charge in [0.15, 0.2) is 15.6 Å². The molecule has 1 aromatic carbocycles. The molecule has 0 bridgehead atoms. The Morgan fingerprint density at radius 1 is 1.26 bits per heavy atom. The molecule has 0 aliphatic carbocycles. The summed E-state index contributed by atoms with van der Waals surface area (Å²) in [4.78, 5) is 4.48. The fourth-order valence-corrected chi connectivity index (χ4v) is 2.24. The topological polar surface area (TPSA) is 72.2 Å². The van der Waals surface area contributed by atoms with Crippen LogP contribution in [0.15, 0.2) is 39.8 Å². The quantitative estimate of drug-likeness (QED) is 0.927. The third kappa shape index (κ3) is 3.02. The van der Waals surface area contributed by atoms with E-state index in [1.165, 1.54) is 6.26 Å².